The quantitative estimate of drug-likeness (QED) is 0.835. The van der Waals surface area contributed by atoms with Gasteiger partial charge in [0.1, 0.15) is 0 Å². The van der Waals surface area contributed by atoms with Crippen molar-refractivity contribution < 1.29 is 0 Å². The number of nitrogens with zero attached hydrogens (tertiary/aromatic N) is 1. The van der Waals surface area contributed by atoms with Crippen LogP contribution in [0.4, 0.5) is 0 Å². The minimum atomic E-state index is 0.354. The van der Waals surface area contributed by atoms with Crippen LogP contribution in [0.5, 0.6) is 0 Å². The maximum absolute atomic E-state index is 3.61. The van der Waals surface area contributed by atoms with Gasteiger partial charge in [0.2, 0.25) is 0 Å². The molecule has 1 aromatic carbocycles. The Balaban J connectivity index is 2.03. The molecule has 0 aliphatic heterocycles. The zero-order chi connectivity index (χ0) is 14.7. The molecule has 0 unspecified atom stereocenters. The molecule has 0 aliphatic carbocycles. The monoisotopic (exact) mass is 334 g/mol. The van der Waals surface area contributed by atoms with E-state index in [4.69, 9.17) is 0 Å². The van der Waals surface area contributed by atoms with Crippen LogP contribution >= 0.6 is 15.9 Å². The number of halogens is 1. The fourth-order valence-corrected chi connectivity index (χ4v) is 2.93. The minimum Gasteiger partial charge on any atom is -0.349 e. The summed E-state index contributed by atoms with van der Waals surface area (Å²) in [6.45, 7) is 10.7. The number of nitrogens with one attached hydrogen (secondary N) is 1. The molecule has 3 heteroatoms. The van der Waals surface area contributed by atoms with Crippen molar-refractivity contribution in [2.75, 3.05) is 0 Å². The zero-order valence-corrected chi connectivity index (χ0v) is 14.3. The lowest BCUT2D eigenvalue weighted by molar-refractivity contribution is 0.571. The number of hydrogen-bond donors (Lipinski definition) is 1. The van der Waals surface area contributed by atoms with E-state index < -0.39 is 0 Å². The maximum Gasteiger partial charge on any atom is 0.0294 e. The predicted octanol–water partition coefficient (Wildman–Crippen LogP) is 4.74. The second-order valence-corrected chi connectivity index (χ2v) is 6.21. The lowest BCUT2D eigenvalue weighted by Crippen LogP contribution is -2.18. The molecule has 0 amide bonds. The molecule has 2 rings (SSSR count). The first-order valence-corrected chi connectivity index (χ1v) is 7.96. The molecule has 20 heavy (non-hydrogen) atoms. The van der Waals surface area contributed by atoms with E-state index in [9.17, 15) is 0 Å². The van der Waals surface area contributed by atoms with E-state index in [1.807, 2.05) is 0 Å². The van der Waals surface area contributed by atoms with Crippen LogP contribution < -0.4 is 5.32 Å². The van der Waals surface area contributed by atoms with Crippen molar-refractivity contribution in [3.63, 3.8) is 0 Å². The van der Waals surface area contributed by atoms with E-state index in [0.717, 1.165) is 17.6 Å². The van der Waals surface area contributed by atoms with Crippen LogP contribution in [0.2, 0.25) is 0 Å². The van der Waals surface area contributed by atoms with Gasteiger partial charge in [0.25, 0.3) is 0 Å². The first-order valence-electron chi connectivity index (χ1n) is 7.17. The Bertz CT molecular complexity index is 569. The van der Waals surface area contributed by atoms with Gasteiger partial charge in [-0.05, 0) is 57.0 Å². The number of benzene rings is 1. The van der Waals surface area contributed by atoms with E-state index in [0.29, 0.717) is 6.04 Å². The third-order valence-electron chi connectivity index (χ3n) is 3.96. The molecule has 1 N–H and O–H groups in total. The molecule has 0 fully saturated rings. The van der Waals surface area contributed by atoms with Crippen LogP contribution in [-0.4, -0.2) is 4.57 Å². The highest BCUT2D eigenvalue weighted by Crippen LogP contribution is 2.19. The molecule has 1 atom stereocenters. The molecule has 108 valence electrons. The first kappa shape index (κ1) is 15.3. The smallest absolute Gasteiger partial charge is 0.0294 e. The van der Waals surface area contributed by atoms with Crippen molar-refractivity contribution in [2.45, 2.75) is 46.8 Å². The number of aryl methyl sites for hydroxylation is 1. The van der Waals surface area contributed by atoms with Crippen molar-refractivity contribution in [3.8, 4) is 0 Å². The van der Waals surface area contributed by atoms with E-state index in [2.05, 4.69) is 83.8 Å². The van der Waals surface area contributed by atoms with E-state index >= 15 is 0 Å². The van der Waals surface area contributed by atoms with Crippen LogP contribution in [-0.2, 0) is 13.1 Å². The van der Waals surface area contributed by atoms with Gasteiger partial charge in [-0.1, -0.05) is 28.1 Å². The number of aromatic nitrogens is 1. The van der Waals surface area contributed by atoms with Crippen LogP contribution in [0.25, 0.3) is 0 Å². The Hall–Kier alpha value is -1.06. The molecular weight excluding hydrogens is 312 g/mol. The standard InChI is InChI=1S/C17H23BrN2/c1-5-20-12(2)10-16(14(20)4)11-19-13(3)15-6-8-17(18)9-7-15/h6-10,13,19H,5,11H2,1-4H3/t13-/m0/s1. The summed E-state index contributed by atoms with van der Waals surface area (Å²) in [6.07, 6.45) is 0. The largest absolute Gasteiger partial charge is 0.349 e. The topological polar surface area (TPSA) is 17.0 Å². The van der Waals surface area contributed by atoms with Crippen LogP contribution in [0.3, 0.4) is 0 Å². The molecule has 1 heterocycles. The molecule has 2 nitrogen and oxygen atoms in total. The highest BCUT2D eigenvalue weighted by molar-refractivity contribution is 9.10. The molecule has 0 bridgehead atoms. The second kappa shape index (κ2) is 6.59. The molecule has 1 aromatic heterocycles. The first-order chi connectivity index (χ1) is 9.52. The highest BCUT2D eigenvalue weighted by Gasteiger charge is 2.10. The second-order valence-electron chi connectivity index (χ2n) is 5.29. The van der Waals surface area contributed by atoms with Crippen LogP contribution in [0, 0.1) is 13.8 Å². The van der Waals surface area contributed by atoms with E-state index in [1.165, 1.54) is 22.5 Å². The third-order valence-corrected chi connectivity index (χ3v) is 4.49. The molecule has 2 aromatic rings. The minimum absolute atomic E-state index is 0.354. The molecule has 0 saturated carbocycles. The van der Waals surface area contributed by atoms with Gasteiger partial charge in [-0.25, -0.2) is 0 Å². The van der Waals surface area contributed by atoms with E-state index in [-0.39, 0.29) is 0 Å². The summed E-state index contributed by atoms with van der Waals surface area (Å²) in [7, 11) is 0. The SMILES string of the molecule is CCn1c(C)cc(CN[C@@H](C)c2ccc(Br)cc2)c1C. The van der Waals surface area contributed by atoms with Gasteiger partial charge in [-0.3, -0.25) is 0 Å². The highest BCUT2D eigenvalue weighted by atomic mass is 79.9. The molecule has 0 radical (unpaired) electrons. The van der Waals surface area contributed by atoms with Crippen LogP contribution in [0.15, 0.2) is 34.8 Å². The predicted molar refractivity (Wildman–Crippen MR) is 89.0 cm³/mol. The van der Waals surface area contributed by atoms with Gasteiger partial charge >= 0.3 is 0 Å². The summed E-state index contributed by atoms with van der Waals surface area (Å²) in [6, 6.07) is 11.2. The molecule has 0 aliphatic rings. The fourth-order valence-electron chi connectivity index (χ4n) is 2.67. The third kappa shape index (κ3) is 3.33. The van der Waals surface area contributed by atoms with Gasteiger partial charge in [-0.15, -0.1) is 0 Å². The summed E-state index contributed by atoms with van der Waals surface area (Å²) in [4.78, 5) is 0. The van der Waals surface area contributed by atoms with Gasteiger partial charge < -0.3 is 9.88 Å². The number of hydrogen-bond acceptors (Lipinski definition) is 1. The Morgan fingerprint density at radius 3 is 2.40 bits per heavy atom. The van der Waals surface area contributed by atoms with Crippen LogP contribution in [0.1, 0.15) is 42.4 Å². The molecule has 0 saturated heterocycles. The lowest BCUT2D eigenvalue weighted by Gasteiger charge is -2.14. The van der Waals surface area contributed by atoms with Crippen molar-refractivity contribution in [1.82, 2.24) is 9.88 Å². The van der Waals surface area contributed by atoms with Gasteiger partial charge in [0.15, 0.2) is 0 Å². The van der Waals surface area contributed by atoms with Gasteiger partial charge in [0, 0.05) is 35.0 Å². The van der Waals surface area contributed by atoms with Crippen molar-refractivity contribution >= 4 is 15.9 Å². The van der Waals surface area contributed by atoms with Gasteiger partial charge in [0.05, 0.1) is 0 Å². The normalized spacial score (nSPS) is 12.7. The van der Waals surface area contributed by atoms with E-state index in [1.54, 1.807) is 0 Å². The zero-order valence-electron chi connectivity index (χ0n) is 12.7. The Kier molecular flexibility index (Phi) is 5.06. The Morgan fingerprint density at radius 1 is 1.20 bits per heavy atom. The molecule has 0 spiro atoms. The summed E-state index contributed by atoms with van der Waals surface area (Å²) >= 11 is 3.48. The molecular formula is C17H23BrN2. The summed E-state index contributed by atoms with van der Waals surface area (Å²) in [5.41, 5.74) is 5.43. The summed E-state index contributed by atoms with van der Waals surface area (Å²) in [5.74, 6) is 0. The van der Waals surface area contributed by atoms with Crippen molar-refractivity contribution in [1.29, 1.82) is 0 Å². The van der Waals surface area contributed by atoms with Gasteiger partial charge in [-0.2, -0.15) is 0 Å². The van der Waals surface area contributed by atoms with Crippen molar-refractivity contribution in [3.05, 3.63) is 57.3 Å². The van der Waals surface area contributed by atoms with Crippen molar-refractivity contribution in [2.24, 2.45) is 0 Å². The Morgan fingerprint density at radius 2 is 1.85 bits per heavy atom. The fraction of sp³-hybridized carbons (Fsp3) is 0.412. The summed E-state index contributed by atoms with van der Waals surface area (Å²) in [5, 5.41) is 3.61. The Labute approximate surface area is 130 Å². The summed E-state index contributed by atoms with van der Waals surface area (Å²) < 4.78 is 3.49. The lowest BCUT2D eigenvalue weighted by atomic mass is 10.1. The average Bonchev–Trinajstić information content (AvgIpc) is 2.71. The number of rotatable bonds is 5. The maximum atomic E-state index is 3.61. The average molecular weight is 335 g/mol.